The summed E-state index contributed by atoms with van der Waals surface area (Å²) in [5, 5.41) is 23.5. The fraction of sp³-hybridized carbons (Fsp3) is 0.333. The predicted molar refractivity (Wildman–Crippen MR) is 105 cm³/mol. The molecule has 164 valence electrons. The number of rotatable bonds is 8. The highest BCUT2D eigenvalue weighted by Gasteiger charge is 2.55. The summed E-state index contributed by atoms with van der Waals surface area (Å²) >= 11 is 1.14. The number of aliphatic carboxylic acids is 1. The molecule has 1 fully saturated rings. The number of carboxylic acids is 1. The average molecular weight is 451 g/mol. The standard InChI is InChI=1S/C18H17N3O9S/c1-9(22)29-6-10-8-31-17-14(16(24)20(17)15(10)18(25)26)19-13(23)7-30-12-4-2-11(3-5-12)21(27)28/h2-5,8,14-15,17H,6-7H2,1H3,(H,19,23)(H,25,26)/t14?,15?,17-/m1/s1. The van der Waals surface area contributed by atoms with Gasteiger partial charge in [0, 0.05) is 24.6 Å². The topological polar surface area (TPSA) is 165 Å². The van der Waals surface area contributed by atoms with Gasteiger partial charge in [-0.2, -0.15) is 0 Å². The fourth-order valence-electron chi connectivity index (χ4n) is 3.04. The van der Waals surface area contributed by atoms with Crippen LogP contribution in [-0.4, -0.2) is 69.4 Å². The van der Waals surface area contributed by atoms with Crippen LogP contribution in [0.4, 0.5) is 5.69 Å². The molecule has 2 amide bonds. The van der Waals surface area contributed by atoms with Crippen LogP contribution in [0.2, 0.25) is 0 Å². The van der Waals surface area contributed by atoms with Crippen molar-refractivity contribution in [2.45, 2.75) is 24.4 Å². The Labute approximate surface area is 179 Å². The Morgan fingerprint density at radius 2 is 1.97 bits per heavy atom. The summed E-state index contributed by atoms with van der Waals surface area (Å²) in [6.45, 7) is 0.499. The molecule has 3 rings (SSSR count). The first-order chi connectivity index (χ1) is 14.7. The lowest BCUT2D eigenvalue weighted by Gasteiger charge is -2.51. The van der Waals surface area contributed by atoms with Crippen molar-refractivity contribution >= 4 is 41.2 Å². The number of thioether (sulfide) groups is 1. The number of ether oxygens (including phenoxy) is 2. The Morgan fingerprint density at radius 3 is 2.55 bits per heavy atom. The number of carboxylic acid groups (broad SMARTS) is 1. The van der Waals surface area contributed by atoms with Crippen LogP contribution in [0.15, 0.2) is 35.2 Å². The van der Waals surface area contributed by atoms with Gasteiger partial charge in [-0.1, -0.05) is 0 Å². The molecule has 0 bridgehead atoms. The van der Waals surface area contributed by atoms with Gasteiger partial charge in [0.1, 0.15) is 23.8 Å². The molecule has 2 aliphatic rings. The van der Waals surface area contributed by atoms with Crippen LogP contribution >= 0.6 is 11.8 Å². The van der Waals surface area contributed by atoms with Crippen molar-refractivity contribution in [3.05, 3.63) is 45.4 Å². The fourth-order valence-corrected chi connectivity index (χ4v) is 4.25. The molecule has 2 N–H and O–H groups in total. The molecular weight excluding hydrogens is 434 g/mol. The number of carbonyl (C=O) groups is 4. The van der Waals surface area contributed by atoms with Crippen molar-refractivity contribution < 1.29 is 38.7 Å². The molecule has 0 aromatic heterocycles. The van der Waals surface area contributed by atoms with Crippen LogP contribution in [-0.2, 0) is 23.9 Å². The van der Waals surface area contributed by atoms with Gasteiger partial charge in [-0.3, -0.25) is 24.5 Å². The van der Waals surface area contributed by atoms with Crippen LogP contribution in [0.1, 0.15) is 6.92 Å². The zero-order chi connectivity index (χ0) is 22.7. The van der Waals surface area contributed by atoms with Gasteiger partial charge in [0.25, 0.3) is 11.6 Å². The van der Waals surface area contributed by atoms with Gasteiger partial charge in [-0.05, 0) is 17.5 Å². The monoisotopic (exact) mass is 451 g/mol. The Hall–Kier alpha value is -3.61. The zero-order valence-corrected chi connectivity index (χ0v) is 16.9. The molecule has 0 spiro atoms. The predicted octanol–water partition coefficient (Wildman–Crippen LogP) is 0.274. The molecule has 3 atom stereocenters. The van der Waals surface area contributed by atoms with Gasteiger partial charge in [0.05, 0.1) is 4.92 Å². The van der Waals surface area contributed by atoms with E-state index in [-0.39, 0.29) is 23.6 Å². The molecule has 12 nitrogen and oxygen atoms in total. The van der Waals surface area contributed by atoms with Crippen LogP contribution < -0.4 is 10.1 Å². The third-order valence-electron chi connectivity index (χ3n) is 4.48. The summed E-state index contributed by atoms with van der Waals surface area (Å²) in [5.74, 6) is -2.81. The van der Waals surface area contributed by atoms with E-state index in [9.17, 15) is 34.4 Å². The quantitative estimate of drug-likeness (QED) is 0.242. The maximum absolute atomic E-state index is 12.5. The van der Waals surface area contributed by atoms with E-state index < -0.39 is 52.7 Å². The van der Waals surface area contributed by atoms with Gasteiger partial charge in [0.2, 0.25) is 5.91 Å². The number of nitro benzene ring substituents is 1. The minimum Gasteiger partial charge on any atom is -0.484 e. The number of nitrogens with zero attached hydrogens (tertiary/aromatic N) is 2. The SMILES string of the molecule is CC(=O)OCC1=CS[C@@H]2C(NC(=O)COc3ccc([N+](=O)[O-])cc3)C(=O)N2C1C(=O)O. The summed E-state index contributed by atoms with van der Waals surface area (Å²) < 4.78 is 10.1. The largest absolute Gasteiger partial charge is 0.484 e. The Kier molecular flexibility index (Phi) is 6.44. The summed E-state index contributed by atoms with van der Waals surface area (Å²) in [7, 11) is 0. The molecule has 2 heterocycles. The van der Waals surface area contributed by atoms with Crippen LogP contribution in [0, 0.1) is 10.1 Å². The lowest BCUT2D eigenvalue weighted by molar-refractivity contribution is -0.384. The molecule has 0 aliphatic carbocycles. The number of non-ortho nitro benzene ring substituents is 1. The molecule has 1 aromatic rings. The highest BCUT2D eigenvalue weighted by molar-refractivity contribution is 8.02. The summed E-state index contributed by atoms with van der Waals surface area (Å²) in [5.41, 5.74) is 0.129. The maximum atomic E-state index is 12.5. The molecule has 2 aliphatic heterocycles. The molecule has 2 unspecified atom stereocenters. The third kappa shape index (κ3) is 4.77. The third-order valence-corrected chi connectivity index (χ3v) is 5.70. The van der Waals surface area contributed by atoms with Gasteiger partial charge >= 0.3 is 11.9 Å². The zero-order valence-electron chi connectivity index (χ0n) is 16.0. The van der Waals surface area contributed by atoms with Gasteiger partial charge < -0.3 is 24.8 Å². The van der Waals surface area contributed by atoms with Gasteiger partial charge in [-0.15, -0.1) is 11.8 Å². The Balaban J connectivity index is 1.58. The van der Waals surface area contributed by atoms with Crippen molar-refractivity contribution in [1.29, 1.82) is 0 Å². The number of nitrogens with one attached hydrogen (secondary N) is 1. The number of hydrogen-bond acceptors (Lipinski definition) is 9. The number of benzene rings is 1. The van der Waals surface area contributed by atoms with Crippen LogP contribution in [0.5, 0.6) is 5.75 Å². The number of carbonyl (C=O) groups excluding carboxylic acids is 3. The Bertz CT molecular complexity index is 963. The summed E-state index contributed by atoms with van der Waals surface area (Å²) in [4.78, 5) is 58.5. The molecule has 31 heavy (non-hydrogen) atoms. The minimum absolute atomic E-state index is 0.125. The second kappa shape index (κ2) is 9.04. The molecule has 0 saturated carbocycles. The maximum Gasteiger partial charge on any atom is 0.330 e. The minimum atomic E-state index is -1.29. The van der Waals surface area contributed by atoms with Crippen LogP contribution in [0.25, 0.3) is 0 Å². The highest BCUT2D eigenvalue weighted by atomic mass is 32.2. The first-order valence-electron chi connectivity index (χ1n) is 8.88. The molecule has 1 saturated heterocycles. The summed E-state index contributed by atoms with van der Waals surface area (Å²) in [6, 6.07) is 2.90. The van der Waals surface area contributed by atoms with Crippen molar-refractivity contribution in [3.8, 4) is 5.75 Å². The van der Waals surface area contributed by atoms with Crippen molar-refractivity contribution in [3.63, 3.8) is 0 Å². The number of hydrogen-bond donors (Lipinski definition) is 2. The molecular formula is C18H17N3O9S. The first kappa shape index (κ1) is 22.1. The van der Waals surface area contributed by atoms with Crippen molar-refractivity contribution in [1.82, 2.24) is 10.2 Å². The van der Waals surface area contributed by atoms with Gasteiger partial charge in [-0.25, -0.2) is 4.79 Å². The normalized spacial score (nSPS) is 21.8. The van der Waals surface area contributed by atoms with E-state index in [1.165, 1.54) is 36.6 Å². The van der Waals surface area contributed by atoms with E-state index in [4.69, 9.17) is 9.47 Å². The smallest absolute Gasteiger partial charge is 0.330 e. The number of fused-ring (bicyclic) bond motifs is 1. The number of esters is 1. The van der Waals surface area contributed by atoms with Crippen molar-refractivity contribution in [2.75, 3.05) is 13.2 Å². The second-order valence-electron chi connectivity index (χ2n) is 6.57. The van der Waals surface area contributed by atoms with Crippen LogP contribution in [0.3, 0.4) is 0 Å². The van der Waals surface area contributed by atoms with E-state index in [0.29, 0.717) is 0 Å². The highest BCUT2D eigenvalue weighted by Crippen LogP contribution is 2.40. The van der Waals surface area contributed by atoms with E-state index in [1.807, 2.05) is 0 Å². The second-order valence-corrected chi connectivity index (χ2v) is 7.56. The van der Waals surface area contributed by atoms with Crippen molar-refractivity contribution in [2.24, 2.45) is 0 Å². The van der Waals surface area contributed by atoms with Gasteiger partial charge in [0.15, 0.2) is 12.6 Å². The van der Waals surface area contributed by atoms with E-state index >= 15 is 0 Å². The molecule has 0 radical (unpaired) electrons. The van der Waals surface area contributed by atoms with E-state index in [0.717, 1.165) is 16.7 Å². The van der Waals surface area contributed by atoms with E-state index in [2.05, 4.69) is 5.32 Å². The first-order valence-corrected chi connectivity index (χ1v) is 9.82. The Morgan fingerprint density at radius 1 is 1.29 bits per heavy atom. The molecule has 13 heteroatoms. The average Bonchev–Trinajstić information content (AvgIpc) is 2.73. The lowest BCUT2D eigenvalue weighted by Crippen LogP contribution is -2.74. The number of nitro groups is 1. The summed E-state index contributed by atoms with van der Waals surface area (Å²) in [6.07, 6.45) is 0. The number of β-lactam (4-membered cyclic amide) rings is 1. The lowest BCUT2D eigenvalue weighted by atomic mass is 9.98. The molecule has 1 aromatic carbocycles. The number of amides is 2. The van der Waals surface area contributed by atoms with E-state index in [1.54, 1.807) is 0 Å².